The maximum Gasteiger partial charge on any atom is 0.286 e. The second-order valence-electron chi connectivity index (χ2n) is 4.85. The highest BCUT2D eigenvalue weighted by molar-refractivity contribution is 8.18. The molecule has 19 heavy (non-hydrogen) atoms. The van der Waals surface area contributed by atoms with Crippen molar-refractivity contribution < 1.29 is 4.79 Å². The summed E-state index contributed by atoms with van der Waals surface area (Å²) in [5.41, 5.74) is 1.91. The van der Waals surface area contributed by atoms with E-state index < -0.39 is 0 Å². The van der Waals surface area contributed by atoms with E-state index in [1.54, 1.807) is 4.68 Å². The van der Waals surface area contributed by atoms with Gasteiger partial charge in [-0.2, -0.15) is 10.1 Å². The fourth-order valence-corrected chi connectivity index (χ4v) is 3.30. The molecule has 0 aromatic carbocycles. The molecule has 1 fully saturated rings. The van der Waals surface area contributed by atoms with E-state index in [4.69, 9.17) is 0 Å². The third kappa shape index (κ3) is 2.45. The minimum atomic E-state index is -0.129. The first-order valence-corrected chi connectivity index (χ1v) is 7.23. The summed E-state index contributed by atoms with van der Waals surface area (Å²) in [5, 5.41) is 5.14. The fraction of sp³-hybridized carbons (Fsp3) is 0.462. The van der Waals surface area contributed by atoms with Crippen molar-refractivity contribution in [1.29, 1.82) is 0 Å². The molecule has 0 saturated carbocycles. The predicted octanol–water partition coefficient (Wildman–Crippen LogP) is 1.79. The van der Waals surface area contributed by atoms with Crippen molar-refractivity contribution >= 4 is 28.9 Å². The minimum Gasteiger partial charge on any atom is -0.351 e. The third-order valence-corrected chi connectivity index (χ3v) is 4.37. The van der Waals surface area contributed by atoms with E-state index >= 15 is 0 Å². The monoisotopic (exact) mass is 276 g/mol. The lowest BCUT2D eigenvalue weighted by atomic mass is 10.2. The summed E-state index contributed by atoms with van der Waals surface area (Å²) in [4.78, 5) is 19.0. The SMILES string of the molecule is Cc1nn(C)cc1/C=C1/SC(N2CCCC2)=NC1=O. The van der Waals surface area contributed by atoms with E-state index in [1.807, 2.05) is 26.2 Å². The van der Waals surface area contributed by atoms with Crippen molar-refractivity contribution in [3.8, 4) is 0 Å². The molecular weight excluding hydrogens is 260 g/mol. The Bertz CT molecular complexity index is 581. The van der Waals surface area contributed by atoms with E-state index in [0.717, 1.165) is 29.5 Å². The highest BCUT2D eigenvalue weighted by Gasteiger charge is 2.27. The molecule has 0 aliphatic carbocycles. The number of amidine groups is 1. The molecule has 5 nitrogen and oxygen atoms in total. The Hall–Kier alpha value is -1.56. The lowest BCUT2D eigenvalue weighted by Crippen LogP contribution is -2.23. The molecule has 0 unspecified atom stereocenters. The van der Waals surface area contributed by atoms with E-state index in [2.05, 4.69) is 15.0 Å². The summed E-state index contributed by atoms with van der Waals surface area (Å²) in [6.45, 7) is 3.97. The minimum absolute atomic E-state index is 0.129. The summed E-state index contributed by atoms with van der Waals surface area (Å²) in [7, 11) is 1.88. The number of carbonyl (C=O) groups is 1. The molecule has 0 radical (unpaired) electrons. The first-order chi connectivity index (χ1) is 9.13. The van der Waals surface area contributed by atoms with Gasteiger partial charge in [0.25, 0.3) is 5.91 Å². The van der Waals surface area contributed by atoms with Gasteiger partial charge in [-0.05, 0) is 37.6 Å². The molecule has 1 aromatic rings. The van der Waals surface area contributed by atoms with Gasteiger partial charge in [-0.1, -0.05) is 0 Å². The molecule has 3 heterocycles. The molecule has 1 saturated heterocycles. The molecule has 0 atom stereocenters. The Balaban J connectivity index is 1.81. The number of hydrogen-bond donors (Lipinski definition) is 0. The average Bonchev–Trinajstić information content (AvgIpc) is 3.03. The van der Waals surface area contributed by atoms with Crippen molar-refractivity contribution in [1.82, 2.24) is 14.7 Å². The lowest BCUT2D eigenvalue weighted by Gasteiger charge is -2.14. The second kappa shape index (κ2) is 4.85. The number of thioether (sulfide) groups is 1. The van der Waals surface area contributed by atoms with Crippen molar-refractivity contribution in [3.05, 3.63) is 22.4 Å². The van der Waals surface area contributed by atoms with Crippen LogP contribution in [0.4, 0.5) is 0 Å². The van der Waals surface area contributed by atoms with Crippen LogP contribution in [0.15, 0.2) is 16.1 Å². The Kier molecular flexibility index (Phi) is 3.18. The normalized spacial score (nSPS) is 21.6. The highest BCUT2D eigenvalue weighted by atomic mass is 32.2. The van der Waals surface area contributed by atoms with Gasteiger partial charge in [0.1, 0.15) is 0 Å². The Morgan fingerprint density at radius 3 is 2.74 bits per heavy atom. The maximum atomic E-state index is 11.9. The Labute approximate surface area is 116 Å². The standard InChI is InChI=1S/C13H16N4OS/c1-9-10(8-16(2)15-9)7-11-12(18)14-13(19-11)17-5-3-4-6-17/h7-8H,3-6H2,1-2H3/b11-7+. The summed E-state index contributed by atoms with van der Waals surface area (Å²) in [5.74, 6) is -0.129. The molecule has 0 N–H and O–H groups in total. The fourth-order valence-electron chi connectivity index (χ4n) is 2.34. The van der Waals surface area contributed by atoms with Crippen LogP contribution in [0.5, 0.6) is 0 Å². The van der Waals surface area contributed by atoms with Gasteiger partial charge in [0.2, 0.25) is 0 Å². The molecule has 3 rings (SSSR count). The zero-order valence-electron chi connectivity index (χ0n) is 11.1. The van der Waals surface area contributed by atoms with Crippen LogP contribution in [-0.4, -0.2) is 38.8 Å². The summed E-state index contributed by atoms with van der Waals surface area (Å²) in [6.07, 6.45) is 6.19. The van der Waals surface area contributed by atoms with Crippen LogP contribution in [0.1, 0.15) is 24.1 Å². The Morgan fingerprint density at radius 2 is 2.11 bits per heavy atom. The lowest BCUT2D eigenvalue weighted by molar-refractivity contribution is -0.113. The topological polar surface area (TPSA) is 50.5 Å². The number of rotatable bonds is 1. The molecule has 100 valence electrons. The van der Waals surface area contributed by atoms with Crippen LogP contribution in [0, 0.1) is 6.92 Å². The van der Waals surface area contributed by atoms with Crippen molar-refractivity contribution in [2.45, 2.75) is 19.8 Å². The van der Waals surface area contributed by atoms with Crippen molar-refractivity contribution in [3.63, 3.8) is 0 Å². The maximum absolute atomic E-state index is 11.9. The second-order valence-corrected chi connectivity index (χ2v) is 5.86. The highest BCUT2D eigenvalue weighted by Crippen LogP contribution is 2.31. The Morgan fingerprint density at radius 1 is 1.37 bits per heavy atom. The summed E-state index contributed by atoms with van der Waals surface area (Å²) < 4.78 is 1.76. The van der Waals surface area contributed by atoms with E-state index in [9.17, 15) is 4.79 Å². The van der Waals surface area contributed by atoms with E-state index in [-0.39, 0.29) is 5.91 Å². The molecule has 1 amide bonds. The van der Waals surface area contributed by atoms with Crippen LogP contribution >= 0.6 is 11.8 Å². The number of aryl methyl sites for hydroxylation is 2. The van der Waals surface area contributed by atoms with Gasteiger partial charge in [0.05, 0.1) is 10.6 Å². The van der Waals surface area contributed by atoms with E-state index in [1.165, 1.54) is 24.6 Å². The number of carbonyl (C=O) groups excluding carboxylic acids is 1. The van der Waals surface area contributed by atoms with Crippen LogP contribution in [0.2, 0.25) is 0 Å². The number of hydrogen-bond acceptors (Lipinski definition) is 4. The quantitative estimate of drug-likeness (QED) is 0.734. The number of aromatic nitrogens is 2. The number of nitrogens with zero attached hydrogens (tertiary/aromatic N) is 4. The van der Waals surface area contributed by atoms with Gasteiger partial charge >= 0.3 is 0 Å². The molecule has 2 aliphatic heterocycles. The van der Waals surface area contributed by atoms with Gasteiger partial charge in [-0.15, -0.1) is 0 Å². The van der Waals surface area contributed by atoms with E-state index in [0.29, 0.717) is 4.91 Å². The van der Waals surface area contributed by atoms with Crippen molar-refractivity contribution in [2.75, 3.05) is 13.1 Å². The third-order valence-electron chi connectivity index (χ3n) is 3.32. The van der Waals surface area contributed by atoms with Gasteiger partial charge in [-0.25, -0.2) is 0 Å². The zero-order valence-corrected chi connectivity index (χ0v) is 11.9. The largest absolute Gasteiger partial charge is 0.351 e. The molecule has 0 spiro atoms. The van der Waals surface area contributed by atoms with Crippen LogP contribution in [-0.2, 0) is 11.8 Å². The summed E-state index contributed by atoms with van der Waals surface area (Å²) >= 11 is 1.48. The molecule has 6 heteroatoms. The van der Waals surface area contributed by atoms with Gasteiger partial charge in [0.15, 0.2) is 5.17 Å². The first-order valence-electron chi connectivity index (χ1n) is 6.41. The van der Waals surface area contributed by atoms with Gasteiger partial charge < -0.3 is 4.90 Å². The smallest absolute Gasteiger partial charge is 0.286 e. The van der Waals surface area contributed by atoms with Crippen LogP contribution in [0.25, 0.3) is 6.08 Å². The average molecular weight is 276 g/mol. The molecule has 1 aromatic heterocycles. The number of aliphatic imine (C=N–C) groups is 1. The van der Waals surface area contributed by atoms with Crippen molar-refractivity contribution in [2.24, 2.45) is 12.0 Å². The zero-order chi connectivity index (χ0) is 13.4. The number of likely N-dealkylation sites (tertiary alicyclic amines) is 1. The summed E-state index contributed by atoms with van der Waals surface area (Å²) in [6, 6.07) is 0. The first kappa shape index (κ1) is 12.5. The molecular formula is C13H16N4OS. The van der Waals surface area contributed by atoms with Gasteiger partial charge in [-0.3, -0.25) is 9.48 Å². The number of amides is 1. The predicted molar refractivity (Wildman–Crippen MR) is 76.8 cm³/mol. The molecule has 2 aliphatic rings. The van der Waals surface area contributed by atoms with Crippen LogP contribution < -0.4 is 0 Å². The molecule has 0 bridgehead atoms. The van der Waals surface area contributed by atoms with Gasteiger partial charge in [0, 0.05) is 31.9 Å². The van der Waals surface area contributed by atoms with Crippen LogP contribution in [0.3, 0.4) is 0 Å².